The number of nitrogens with zero attached hydrogens (tertiary/aromatic N) is 5. The molecule has 3 aromatic rings. The maximum absolute atomic E-state index is 14.1. The van der Waals surface area contributed by atoms with Crippen molar-refractivity contribution < 1.29 is 18.7 Å². The average molecular weight is 512 g/mol. The number of anilines is 1. The first-order valence-electron chi connectivity index (χ1n) is 11.9. The highest BCUT2D eigenvalue weighted by molar-refractivity contribution is 6.30. The summed E-state index contributed by atoms with van der Waals surface area (Å²) in [7, 11) is 1.39. The summed E-state index contributed by atoms with van der Waals surface area (Å²) < 4.78 is 20.7. The first kappa shape index (κ1) is 24.2. The summed E-state index contributed by atoms with van der Waals surface area (Å²) >= 11 is 5.82. The maximum Gasteiger partial charge on any atom is 0.409 e. The van der Waals surface area contributed by atoms with Crippen LogP contribution in [-0.4, -0.2) is 64.7 Å². The van der Waals surface area contributed by atoms with Gasteiger partial charge in [-0.15, -0.1) is 0 Å². The number of ether oxygens (including phenoxy) is 1. The van der Waals surface area contributed by atoms with Gasteiger partial charge >= 0.3 is 6.09 Å². The van der Waals surface area contributed by atoms with Gasteiger partial charge in [0.1, 0.15) is 23.4 Å². The van der Waals surface area contributed by atoms with E-state index in [9.17, 15) is 14.0 Å². The second-order valence-corrected chi connectivity index (χ2v) is 10.0. The van der Waals surface area contributed by atoms with Crippen LogP contribution in [0.4, 0.5) is 15.0 Å². The van der Waals surface area contributed by atoms with Gasteiger partial charge < -0.3 is 14.5 Å². The largest absolute Gasteiger partial charge is 0.453 e. The molecule has 1 saturated heterocycles. The molecule has 0 saturated carbocycles. The quantitative estimate of drug-likeness (QED) is 0.488. The summed E-state index contributed by atoms with van der Waals surface area (Å²) in [6.07, 6.45) is 6.53. The van der Waals surface area contributed by atoms with Gasteiger partial charge in [0.05, 0.1) is 12.5 Å². The molecule has 8 nitrogen and oxygen atoms in total. The Morgan fingerprint density at radius 3 is 2.75 bits per heavy atom. The van der Waals surface area contributed by atoms with E-state index in [4.69, 9.17) is 16.3 Å². The fraction of sp³-hybridized carbons (Fsp3) is 0.385. The van der Waals surface area contributed by atoms with Crippen LogP contribution in [0.1, 0.15) is 30.9 Å². The number of rotatable bonds is 6. The summed E-state index contributed by atoms with van der Waals surface area (Å²) in [6.45, 7) is 4.12. The molecule has 1 aromatic carbocycles. The summed E-state index contributed by atoms with van der Waals surface area (Å²) in [4.78, 5) is 33.0. The number of hydrogen-bond acceptors (Lipinski definition) is 6. The summed E-state index contributed by atoms with van der Waals surface area (Å²) in [5.41, 5.74) is 3.03. The lowest BCUT2D eigenvalue weighted by molar-refractivity contribution is -0.129. The minimum Gasteiger partial charge on any atom is -0.453 e. The topological polar surface area (TPSA) is 80.0 Å². The van der Waals surface area contributed by atoms with Crippen molar-refractivity contribution in [3.63, 3.8) is 0 Å². The molecule has 36 heavy (non-hydrogen) atoms. The van der Waals surface area contributed by atoms with Crippen LogP contribution in [0.2, 0.25) is 5.02 Å². The zero-order chi connectivity index (χ0) is 25.4. The number of benzene rings is 1. The summed E-state index contributed by atoms with van der Waals surface area (Å²) in [5, 5.41) is 4.70. The Morgan fingerprint density at radius 2 is 2.06 bits per heavy atom. The van der Waals surface area contributed by atoms with Gasteiger partial charge in [-0.05, 0) is 54.7 Å². The van der Waals surface area contributed by atoms with Gasteiger partial charge in [-0.3, -0.25) is 4.79 Å². The molecule has 2 aliphatic heterocycles. The van der Waals surface area contributed by atoms with Crippen LogP contribution in [0.25, 0.3) is 11.1 Å². The zero-order valence-corrected chi connectivity index (χ0v) is 21.0. The van der Waals surface area contributed by atoms with Crippen molar-refractivity contribution in [1.29, 1.82) is 0 Å². The Balaban J connectivity index is 1.26. The Labute approximate surface area is 213 Å². The Kier molecular flexibility index (Phi) is 6.42. The van der Waals surface area contributed by atoms with Crippen LogP contribution in [-0.2, 0) is 16.0 Å². The molecule has 10 heteroatoms. The van der Waals surface area contributed by atoms with Crippen molar-refractivity contribution >= 4 is 40.4 Å². The van der Waals surface area contributed by atoms with Crippen molar-refractivity contribution in [2.45, 2.75) is 26.2 Å². The number of amides is 1. The third-order valence-corrected chi connectivity index (χ3v) is 7.32. The van der Waals surface area contributed by atoms with Gasteiger partial charge in [0.2, 0.25) is 0 Å². The van der Waals surface area contributed by atoms with E-state index >= 15 is 0 Å². The third kappa shape index (κ3) is 4.55. The minimum atomic E-state index is -0.510. The lowest BCUT2D eigenvalue weighted by Crippen LogP contribution is -2.59. The van der Waals surface area contributed by atoms with Crippen molar-refractivity contribution in [2.75, 3.05) is 38.2 Å². The number of carbonyl (C=O) groups excluding carboxylic acids is 2. The standard InChI is InChI=1S/C26H27ClFN5O3/c1-26(23(34)6-4-18-3-5-20(27)12-21(18)28)14-32(15-26)24-22-11-19(13-33(22)30-16-29-24)17-7-9-31(10-8-17)25(35)36-2/h3,5,7,11-13,16H,4,6,8-10,14-15H2,1-2H3. The number of hydrogen-bond donors (Lipinski definition) is 0. The van der Waals surface area contributed by atoms with Crippen LogP contribution in [0.15, 0.2) is 42.9 Å². The normalized spacial score (nSPS) is 17.1. The van der Waals surface area contributed by atoms with E-state index < -0.39 is 5.41 Å². The molecule has 2 aromatic heterocycles. The van der Waals surface area contributed by atoms with E-state index in [0.717, 1.165) is 28.9 Å². The molecule has 0 spiro atoms. The van der Waals surface area contributed by atoms with E-state index in [1.807, 2.05) is 19.2 Å². The van der Waals surface area contributed by atoms with Gasteiger partial charge in [0.15, 0.2) is 5.82 Å². The van der Waals surface area contributed by atoms with Crippen molar-refractivity contribution in [1.82, 2.24) is 19.5 Å². The fourth-order valence-electron chi connectivity index (χ4n) is 4.96. The van der Waals surface area contributed by atoms with Crippen molar-refractivity contribution in [3.05, 3.63) is 64.8 Å². The number of ketones is 1. The molecule has 2 aliphatic rings. The SMILES string of the molecule is COC(=O)N1CC=C(c2cc3c(N4CC(C)(C(=O)CCc5ccc(Cl)cc5F)C4)ncnn3c2)CC1. The van der Waals surface area contributed by atoms with E-state index in [2.05, 4.69) is 21.0 Å². The molecule has 0 aliphatic carbocycles. The molecular weight excluding hydrogens is 485 g/mol. The van der Waals surface area contributed by atoms with Gasteiger partial charge in [-0.2, -0.15) is 5.10 Å². The zero-order valence-electron chi connectivity index (χ0n) is 20.2. The lowest BCUT2D eigenvalue weighted by atomic mass is 9.76. The van der Waals surface area contributed by atoms with Gasteiger partial charge in [0.25, 0.3) is 0 Å². The maximum atomic E-state index is 14.1. The highest BCUT2D eigenvalue weighted by Crippen LogP contribution is 2.38. The molecular formula is C26H27ClFN5O3. The Morgan fingerprint density at radius 1 is 1.25 bits per heavy atom. The number of fused-ring (bicyclic) bond motifs is 1. The number of Topliss-reactive ketones (excluding diaryl/α,β-unsaturated/α-hetero) is 1. The fourth-order valence-corrected chi connectivity index (χ4v) is 5.12. The molecule has 0 radical (unpaired) electrons. The highest BCUT2D eigenvalue weighted by atomic mass is 35.5. The number of carbonyl (C=O) groups is 2. The van der Waals surface area contributed by atoms with E-state index in [1.54, 1.807) is 21.5 Å². The predicted molar refractivity (Wildman–Crippen MR) is 135 cm³/mol. The Hall–Kier alpha value is -3.46. The number of aromatic nitrogens is 3. The van der Waals surface area contributed by atoms with Gasteiger partial charge in [0, 0.05) is 43.8 Å². The molecule has 4 heterocycles. The van der Waals surface area contributed by atoms with Gasteiger partial charge in [-0.1, -0.05) is 23.7 Å². The van der Waals surface area contributed by atoms with Crippen molar-refractivity contribution in [2.24, 2.45) is 5.41 Å². The summed E-state index contributed by atoms with van der Waals surface area (Å²) in [5.74, 6) is 0.504. The number of aryl methyl sites for hydroxylation is 1. The second-order valence-electron chi connectivity index (χ2n) is 9.61. The monoisotopic (exact) mass is 511 g/mol. The van der Waals surface area contributed by atoms with Crippen LogP contribution in [0.3, 0.4) is 0 Å². The lowest BCUT2D eigenvalue weighted by Gasteiger charge is -2.47. The van der Waals surface area contributed by atoms with E-state index in [1.165, 1.54) is 19.5 Å². The molecule has 0 unspecified atom stereocenters. The summed E-state index contributed by atoms with van der Waals surface area (Å²) in [6, 6.07) is 6.60. The van der Waals surface area contributed by atoms with Gasteiger partial charge in [-0.25, -0.2) is 18.7 Å². The van der Waals surface area contributed by atoms with E-state index in [0.29, 0.717) is 43.2 Å². The average Bonchev–Trinajstić information content (AvgIpc) is 3.30. The number of methoxy groups -OCH3 is 1. The Bertz CT molecular complexity index is 1360. The van der Waals surface area contributed by atoms with Crippen LogP contribution < -0.4 is 4.90 Å². The van der Waals surface area contributed by atoms with Crippen LogP contribution in [0.5, 0.6) is 0 Å². The highest BCUT2D eigenvalue weighted by Gasteiger charge is 2.45. The predicted octanol–water partition coefficient (Wildman–Crippen LogP) is 4.41. The molecule has 1 amide bonds. The third-order valence-electron chi connectivity index (χ3n) is 7.09. The first-order valence-corrected chi connectivity index (χ1v) is 12.2. The molecule has 0 N–H and O–H groups in total. The number of halogens is 2. The molecule has 1 fully saturated rings. The van der Waals surface area contributed by atoms with Crippen LogP contribution >= 0.6 is 11.6 Å². The first-order chi connectivity index (χ1) is 17.3. The van der Waals surface area contributed by atoms with Crippen molar-refractivity contribution in [3.8, 4) is 0 Å². The molecule has 188 valence electrons. The second kappa shape index (κ2) is 9.54. The molecule has 0 bridgehead atoms. The van der Waals surface area contributed by atoms with Crippen LogP contribution in [0, 0.1) is 11.2 Å². The molecule has 5 rings (SSSR count). The van der Waals surface area contributed by atoms with E-state index in [-0.39, 0.29) is 24.1 Å². The minimum absolute atomic E-state index is 0.108. The smallest absolute Gasteiger partial charge is 0.409 e. The molecule has 0 atom stereocenters.